The molecule has 0 saturated carbocycles. The van der Waals surface area contributed by atoms with Crippen LogP contribution in [0.15, 0.2) is 85.6 Å². The molecule has 0 saturated heterocycles. The Labute approximate surface area is 177 Å². The molecular formula is C25H26N2O3. The van der Waals surface area contributed by atoms with E-state index < -0.39 is 0 Å². The molecule has 1 aromatic heterocycles. The first-order valence-corrected chi connectivity index (χ1v) is 9.76. The third-order valence-electron chi connectivity index (χ3n) is 4.82. The molecule has 3 aromatic rings. The molecule has 5 nitrogen and oxygen atoms in total. The highest BCUT2D eigenvalue weighted by atomic mass is 16.5. The van der Waals surface area contributed by atoms with Gasteiger partial charge in [0.05, 0.1) is 18.8 Å². The normalized spacial score (nSPS) is 11.4. The molecule has 30 heavy (non-hydrogen) atoms. The summed E-state index contributed by atoms with van der Waals surface area (Å²) in [6.07, 6.45) is 4.30. The molecule has 0 aliphatic rings. The summed E-state index contributed by atoms with van der Waals surface area (Å²) >= 11 is 0. The quantitative estimate of drug-likeness (QED) is 0.497. The van der Waals surface area contributed by atoms with Crippen LogP contribution in [0.4, 0.5) is 0 Å². The summed E-state index contributed by atoms with van der Waals surface area (Å²) in [5, 5.41) is 0. The van der Waals surface area contributed by atoms with Crippen LogP contribution in [0.3, 0.4) is 0 Å². The Balaban J connectivity index is 1.77. The SMILES string of the molecule is C=CCc1ccc(OCC(=O)N(C)[C@H](c2ccccc2)c2ccccn2)c(OC)c1. The van der Waals surface area contributed by atoms with E-state index in [0.717, 1.165) is 23.2 Å². The largest absolute Gasteiger partial charge is 0.493 e. The van der Waals surface area contributed by atoms with Crippen molar-refractivity contribution in [1.82, 2.24) is 9.88 Å². The van der Waals surface area contributed by atoms with Crippen molar-refractivity contribution in [2.75, 3.05) is 20.8 Å². The standard InChI is InChI=1S/C25H26N2O3/c1-4-10-19-14-15-22(23(17-19)29-3)30-18-24(28)27(2)25(20-11-6-5-7-12-20)21-13-8-9-16-26-21/h4-9,11-17,25H,1,10,18H2,2-3H3/t25-/m1/s1. The Morgan fingerprint density at radius 3 is 2.53 bits per heavy atom. The minimum atomic E-state index is -0.305. The smallest absolute Gasteiger partial charge is 0.261 e. The molecular weight excluding hydrogens is 376 g/mol. The van der Waals surface area contributed by atoms with Gasteiger partial charge in [-0.15, -0.1) is 6.58 Å². The van der Waals surface area contributed by atoms with E-state index in [4.69, 9.17) is 9.47 Å². The molecule has 0 aliphatic heterocycles. The van der Waals surface area contributed by atoms with Gasteiger partial charge in [0.1, 0.15) is 0 Å². The predicted octanol–water partition coefficient (Wildman–Crippen LogP) is 4.45. The summed E-state index contributed by atoms with van der Waals surface area (Å²) < 4.78 is 11.2. The lowest BCUT2D eigenvalue weighted by molar-refractivity contribution is -0.133. The molecule has 0 spiro atoms. The van der Waals surface area contributed by atoms with E-state index in [1.54, 1.807) is 25.3 Å². The molecule has 1 atom stereocenters. The second-order valence-electron chi connectivity index (χ2n) is 6.84. The third kappa shape index (κ3) is 5.06. The van der Waals surface area contributed by atoms with Gasteiger partial charge in [0.25, 0.3) is 5.91 Å². The van der Waals surface area contributed by atoms with Crippen molar-refractivity contribution in [2.24, 2.45) is 0 Å². The number of pyridine rings is 1. The van der Waals surface area contributed by atoms with Crippen LogP contribution in [0.5, 0.6) is 11.5 Å². The number of carbonyl (C=O) groups is 1. The van der Waals surface area contributed by atoms with E-state index in [9.17, 15) is 4.79 Å². The van der Waals surface area contributed by atoms with Crippen LogP contribution in [0.1, 0.15) is 22.9 Å². The van der Waals surface area contributed by atoms with E-state index in [1.807, 2.05) is 72.8 Å². The van der Waals surface area contributed by atoms with Crippen LogP contribution in [0, 0.1) is 0 Å². The summed E-state index contributed by atoms with van der Waals surface area (Å²) in [6.45, 7) is 3.64. The van der Waals surface area contributed by atoms with Crippen molar-refractivity contribution in [2.45, 2.75) is 12.5 Å². The van der Waals surface area contributed by atoms with Crippen molar-refractivity contribution in [3.63, 3.8) is 0 Å². The molecule has 5 heteroatoms. The van der Waals surface area contributed by atoms with E-state index >= 15 is 0 Å². The van der Waals surface area contributed by atoms with Crippen LogP contribution in [0.2, 0.25) is 0 Å². The van der Waals surface area contributed by atoms with Crippen LogP contribution in [-0.4, -0.2) is 36.6 Å². The fraction of sp³-hybridized carbons (Fsp3) is 0.200. The van der Waals surface area contributed by atoms with Crippen molar-refractivity contribution < 1.29 is 14.3 Å². The number of aromatic nitrogens is 1. The molecule has 0 N–H and O–H groups in total. The van der Waals surface area contributed by atoms with Gasteiger partial charge >= 0.3 is 0 Å². The van der Waals surface area contributed by atoms with Gasteiger partial charge in [-0.1, -0.05) is 48.5 Å². The summed E-state index contributed by atoms with van der Waals surface area (Å²) in [5.41, 5.74) is 2.85. The van der Waals surface area contributed by atoms with Gasteiger partial charge in [0, 0.05) is 13.2 Å². The lowest BCUT2D eigenvalue weighted by atomic mass is 10.0. The lowest BCUT2D eigenvalue weighted by Crippen LogP contribution is -2.35. The highest BCUT2D eigenvalue weighted by molar-refractivity contribution is 5.78. The second kappa shape index (κ2) is 10.3. The van der Waals surface area contributed by atoms with Crippen molar-refractivity contribution in [3.05, 3.63) is 102 Å². The Hall–Kier alpha value is -3.60. The van der Waals surface area contributed by atoms with Crippen LogP contribution in [0.25, 0.3) is 0 Å². The highest BCUT2D eigenvalue weighted by Gasteiger charge is 2.25. The Morgan fingerprint density at radius 1 is 1.10 bits per heavy atom. The predicted molar refractivity (Wildman–Crippen MR) is 118 cm³/mol. The van der Waals surface area contributed by atoms with Gasteiger partial charge in [-0.25, -0.2) is 0 Å². The zero-order valence-corrected chi connectivity index (χ0v) is 17.3. The number of likely N-dealkylation sites (N-methyl/N-ethyl adjacent to an activating group) is 1. The first-order valence-electron chi connectivity index (χ1n) is 9.76. The number of hydrogen-bond donors (Lipinski definition) is 0. The fourth-order valence-corrected chi connectivity index (χ4v) is 3.28. The molecule has 1 heterocycles. The number of hydrogen-bond acceptors (Lipinski definition) is 4. The highest BCUT2D eigenvalue weighted by Crippen LogP contribution is 2.29. The minimum Gasteiger partial charge on any atom is -0.493 e. The van der Waals surface area contributed by atoms with Crippen molar-refractivity contribution in [3.8, 4) is 11.5 Å². The molecule has 154 valence electrons. The maximum Gasteiger partial charge on any atom is 0.261 e. The van der Waals surface area contributed by atoms with Crippen LogP contribution >= 0.6 is 0 Å². The first kappa shape index (κ1) is 21.1. The van der Waals surface area contributed by atoms with Gasteiger partial charge in [0.15, 0.2) is 18.1 Å². The van der Waals surface area contributed by atoms with Crippen LogP contribution in [-0.2, 0) is 11.2 Å². The monoisotopic (exact) mass is 402 g/mol. The molecule has 0 aliphatic carbocycles. The number of rotatable bonds is 9. The average molecular weight is 402 g/mol. The maximum absolute atomic E-state index is 13.0. The molecule has 0 fully saturated rings. The summed E-state index contributed by atoms with van der Waals surface area (Å²) in [6, 6.07) is 20.9. The zero-order valence-electron chi connectivity index (χ0n) is 17.3. The molecule has 2 aromatic carbocycles. The van der Waals surface area contributed by atoms with E-state index in [-0.39, 0.29) is 18.6 Å². The Bertz CT molecular complexity index is 935. The number of carbonyl (C=O) groups excluding carboxylic acids is 1. The summed E-state index contributed by atoms with van der Waals surface area (Å²) in [5.74, 6) is 0.960. The number of ether oxygens (including phenoxy) is 2. The maximum atomic E-state index is 13.0. The number of benzene rings is 2. The van der Waals surface area contributed by atoms with E-state index in [1.165, 1.54) is 0 Å². The number of nitrogens with zero attached hydrogens (tertiary/aromatic N) is 2. The van der Waals surface area contributed by atoms with Gasteiger partial charge in [-0.05, 0) is 41.8 Å². The molecule has 1 amide bonds. The van der Waals surface area contributed by atoms with Gasteiger partial charge in [0.2, 0.25) is 0 Å². The van der Waals surface area contributed by atoms with E-state index in [2.05, 4.69) is 11.6 Å². The van der Waals surface area contributed by atoms with Crippen molar-refractivity contribution >= 4 is 5.91 Å². The van der Waals surface area contributed by atoms with Gasteiger partial charge < -0.3 is 14.4 Å². The second-order valence-corrected chi connectivity index (χ2v) is 6.84. The number of amides is 1. The molecule has 3 rings (SSSR count). The molecule has 0 unspecified atom stereocenters. The Kier molecular flexibility index (Phi) is 7.22. The van der Waals surface area contributed by atoms with Crippen LogP contribution < -0.4 is 9.47 Å². The number of methoxy groups -OCH3 is 1. The summed E-state index contributed by atoms with van der Waals surface area (Å²) in [7, 11) is 3.35. The molecule has 0 bridgehead atoms. The lowest BCUT2D eigenvalue weighted by Gasteiger charge is -2.28. The Morgan fingerprint density at radius 2 is 1.87 bits per heavy atom. The number of allylic oxidation sites excluding steroid dienone is 1. The average Bonchev–Trinajstić information content (AvgIpc) is 2.79. The summed E-state index contributed by atoms with van der Waals surface area (Å²) in [4.78, 5) is 19.1. The van der Waals surface area contributed by atoms with Gasteiger partial charge in [-0.2, -0.15) is 0 Å². The minimum absolute atomic E-state index is 0.107. The van der Waals surface area contributed by atoms with E-state index in [0.29, 0.717) is 11.5 Å². The first-order chi connectivity index (χ1) is 14.6. The van der Waals surface area contributed by atoms with Gasteiger partial charge in [-0.3, -0.25) is 9.78 Å². The fourth-order valence-electron chi connectivity index (χ4n) is 3.28. The molecule has 0 radical (unpaired) electrons. The third-order valence-corrected chi connectivity index (χ3v) is 4.82. The zero-order chi connectivity index (χ0) is 21.3. The van der Waals surface area contributed by atoms with Crippen molar-refractivity contribution in [1.29, 1.82) is 0 Å². The topological polar surface area (TPSA) is 51.7 Å².